The van der Waals surface area contributed by atoms with Crippen LogP contribution in [0.15, 0.2) is 25.8 Å². The van der Waals surface area contributed by atoms with E-state index >= 15 is 0 Å². The van der Waals surface area contributed by atoms with Crippen molar-refractivity contribution in [3.05, 3.63) is 33.0 Å². The van der Waals surface area contributed by atoms with Gasteiger partial charge in [0.1, 0.15) is 11.5 Å². The Balaban J connectivity index is 2.28. The number of ether oxygens (including phenoxy) is 4. The van der Waals surface area contributed by atoms with Gasteiger partial charge in [0.15, 0.2) is 0 Å². The number of nitriles is 1. The number of aryl methyl sites for hydroxylation is 1. The van der Waals surface area contributed by atoms with E-state index in [4.69, 9.17) is 25.5 Å². The Labute approximate surface area is 202 Å². The number of rotatable bonds is 10. The molecular formula is C23H26N2O6S2. The molecule has 2 atom stereocenters. The lowest BCUT2D eigenvalue weighted by molar-refractivity contribution is -0.155. The summed E-state index contributed by atoms with van der Waals surface area (Å²) in [6.07, 6.45) is 1.32. The maximum Gasteiger partial charge on any atom is 0.311 e. The summed E-state index contributed by atoms with van der Waals surface area (Å²) in [5.41, 5.74) is 0.661. The highest BCUT2D eigenvalue weighted by molar-refractivity contribution is 8.24. The van der Waals surface area contributed by atoms with Crippen LogP contribution in [0.2, 0.25) is 0 Å². The van der Waals surface area contributed by atoms with E-state index in [0.29, 0.717) is 43.9 Å². The number of esters is 2. The summed E-state index contributed by atoms with van der Waals surface area (Å²) in [7, 11) is 0. The van der Waals surface area contributed by atoms with Crippen LogP contribution in [0.4, 0.5) is 0 Å². The second-order valence-corrected chi connectivity index (χ2v) is 9.61. The van der Waals surface area contributed by atoms with E-state index in [0.717, 1.165) is 0 Å². The summed E-state index contributed by atoms with van der Waals surface area (Å²) in [5.74, 6) is -0.246. The van der Waals surface area contributed by atoms with E-state index in [2.05, 4.69) is 4.85 Å². The summed E-state index contributed by atoms with van der Waals surface area (Å²) in [6.45, 7) is 15.9. The Hall–Kier alpha value is -2.82. The van der Waals surface area contributed by atoms with Gasteiger partial charge < -0.3 is 18.9 Å². The number of allylic oxidation sites excluding steroid dienone is 1. The maximum absolute atomic E-state index is 11.9. The molecule has 2 rings (SSSR count). The van der Waals surface area contributed by atoms with Gasteiger partial charge in [-0.3, -0.25) is 9.59 Å². The Kier molecular flexibility index (Phi) is 9.95. The van der Waals surface area contributed by atoms with Crippen LogP contribution in [-0.4, -0.2) is 25.5 Å². The number of carbonyl (C=O) groups is 2. The van der Waals surface area contributed by atoms with E-state index in [1.807, 2.05) is 19.9 Å². The third kappa shape index (κ3) is 6.59. The van der Waals surface area contributed by atoms with Gasteiger partial charge in [0, 0.05) is 0 Å². The smallest absolute Gasteiger partial charge is 0.311 e. The lowest BCUT2D eigenvalue weighted by Crippen LogP contribution is -2.18. The molecule has 0 radical (unpaired) electrons. The summed E-state index contributed by atoms with van der Waals surface area (Å²) in [4.78, 5) is 28.5. The van der Waals surface area contributed by atoms with Crippen molar-refractivity contribution in [2.75, 3.05) is 13.6 Å². The molecular weight excluding hydrogens is 464 g/mol. The molecule has 0 bridgehead atoms. The van der Waals surface area contributed by atoms with Gasteiger partial charge in [-0.25, -0.2) is 10.1 Å². The van der Waals surface area contributed by atoms with Gasteiger partial charge in [-0.15, -0.1) is 0 Å². The number of fused-ring (bicyclic) bond motifs is 1. The third-order valence-corrected chi connectivity index (χ3v) is 7.58. The quantitative estimate of drug-likeness (QED) is 0.178. The minimum Gasteiger partial charge on any atom is -0.456 e. The molecule has 1 aliphatic rings. The zero-order valence-electron chi connectivity index (χ0n) is 19.2. The van der Waals surface area contributed by atoms with Crippen LogP contribution in [-0.2, 0) is 19.1 Å². The van der Waals surface area contributed by atoms with Crippen molar-refractivity contribution in [3.8, 4) is 17.6 Å². The number of hydrogen-bond acceptors (Lipinski definition) is 9. The van der Waals surface area contributed by atoms with Crippen molar-refractivity contribution in [2.45, 2.75) is 57.3 Å². The number of carbonyl (C=O) groups excluding carboxylic acids is 2. The molecule has 33 heavy (non-hydrogen) atoms. The summed E-state index contributed by atoms with van der Waals surface area (Å²) in [6, 6.07) is 3.62. The molecule has 0 aromatic heterocycles. The van der Waals surface area contributed by atoms with Gasteiger partial charge in [0.05, 0.1) is 38.5 Å². The fourth-order valence-electron chi connectivity index (χ4n) is 2.53. The first-order chi connectivity index (χ1) is 15.8. The van der Waals surface area contributed by atoms with Crippen molar-refractivity contribution in [2.24, 2.45) is 11.8 Å². The molecule has 0 N–H and O–H groups in total. The van der Waals surface area contributed by atoms with Gasteiger partial charge in [0.25, 0.3) is 5.70 Å². The topological polar surface area (TPSA) is 99.2 Å². The van der Waals surface area contributed by atoms with Gasteiger partial charge in [-0.1, -0.05) is 51.2 Å². The van der Waals surface area contributed by atoms with Crippen LogP contribution >= 0.6 is 23.5 Å². The van der Waals surface area contributed by atoms with Gasteiger partial charge in [0.2, 0.25) is 13.6 Å². The molecule has 1 heterocycles. The normalized spacial score (nSPS) is 15.4. The van der Waals surface area contributed by atoms with Crippen LogP contribution in [0, 0.1) is 36.7 Å². The molecule has 1 aliphatic heterocycles. The lowest BCUT2D eigenvalue weighted by atomic mass is 10.1. The SMILES string of the molecule is [C-]#[N+]/C(C#N)=C1\Sc2c(OCOC(=O)C(C)CC)cc(C)c(OCOC(=O)C(C)CC)c2S1. The molecule has 8 nitrogen and oxygen atoms in total. The fourth-order valence-corrected chi connectivity index (χ4v) is 5.11. The second-order valence-electron chi connectivity index (χ2n) is 7.31. The van der Waals surface area contributed by atoms with Crippen molar-refractivity contribution in [1.29, 1.82) is 5.26 Å². The number of benzene rings is 1. The molecule has 10 heteroatoms. The highest BCUT2D eigenvalue weighted by atomic mass is 32.2. The Morgan fingerprint density at radius 2 is 1.61 bits per heavy atom. The summed E-state index contributed by atoms with van der Waals surface area (Å²) >= 11 is 2.43. The zero-order valence-corrected chi connectivity index (χ0v) is 20.9. The van der Waals surface area contributed by atoms with Gasteiger partial charge in [-0.05, 0) is 31.4 Å². The predicted molar refractivity (Wildman–Crippen MR) is 124 cm³/mol. The van der Waals surface area contributed by atoms with Crippen LogP contribution in [0.1, 0.15) is 46.1 Å². The first-order valence-corrected chi connectivity index (χ1v) is 12.0. The van der Waals surface area contributed by atoms with Crippen molar-refractivity contribution >= 4 is 35.5 Å². The van der Waals surface area contributed by atoms with Gasteiger partial charge in [-0.2, -0.15) is 0 Å². The van der Waals surface area contributed by atoms with E-state index < -0.39 is 0 Å². The maximum atomic E-state index is 11.9. The molecule has 0 spiro atoms. The van der Waals surface area contributed by atoms with Crippen LogP contribution < -0.4 is 9.47 Å². The Morgan fingerprint density at radius 1 is 1.06 bits per heavy atom. The van der Waals surface area contributed by atoms with E-state index in [1.54, 1.807) is 26.8 Å². The van der Waals surface area contributed by atoms with Crippen molar-refractivity contribution in [1.82, 2.24) is 0 Å². The van der Waals surface area contributed by atoms with Crippen molar-refractivity contribution in [3.63, 3.8) is 0 Å². The first-order valence-electron chi connectivity index (χ1n) is 10.4. The van der Waals surface area contributed by atoms with Crippen LogP contribution in [0.3, 0.4) is 0 Å². The van der Waals surface area contributed by atoms with E-state index in [-0.39, 0.29) is 43.1 Å². The van der Waals surface area contributed by atoms with Gasteiger partial charge >= 0.3 is 11.9 Å². The molecule has 1 aromatic carbocycles. The minimum atomic E-state index is -0.351. The average Bonchev–Trinajstić information content (AvgIpc) is 3.25. The zero-order chi connectivity index (χ0) is 24.5. The number of hydrogen-bond donors (Lipinski definition) is 0. The predicted octanol–water partition coefficient (Wildman–Crippen LogP) is 5.66. The Bertz CT molecular complexity index is 1010. The molecule has 0 saturated carbocycles. The summed E-state index contributed by atoms with van der Waals surface area (Å²) < 4.78 is 22.4. The highest BCUT2D eigenvalue weighted by Crippen LogP contribution is 2.59. The lowest BCUT2D eigenvalue weighted by Gasteiger charge is -2.17. The molecule has 0 fully saturated rings. The monoisotopic (exact) mass is 490 g/mol. The second kappa shape index (κ2) is 12.4. The van der Waals surface area contributed by atoms with Crippen molar-refractivity contribution < 1.29 is 28.5 Å². The van der Waals surface area contributed by atoms with E-state index in [9.17, 15) is 14.9 Å². The number of thioether (sulfide) groups is 2. The minimum absolute atomic E-state index is 0.0397. The fraction of sp³-hybridized carbons (Fsp3) is 0.478. The summed E-state index contributed by atoms with van der Waals surface area (Å²) in [5, 5.41) is 9.29. The number of nitrogens with zero attached hydrogens (tertiary/aromatic N) is 2. The first kappa shape index (κ1) is 26.4. The molecule has 2 unspecified atom stereocenters. The molecule has 0 saturated heterocycles. The molecule has 1 aromatic rings. The van der Waals surface area contributed by atoms with Crippen LogP contribution in [0.25, 0.3) is 4.85 Å². The third-order valence-electron chi connectivity index (χ3n) is 4.99. The highest BCUT2D eigenvalue weighted by Gasteiger charge is 2.30. The molecule has 0 aliphatic carbocycles. The standard InChI is InChI=1S/C23H26N2O6S2/c1-7-13(3)21(26)30-11-28-17-9-15(5)18(29-12-31-22(27)14(4)8-2)20-19(17)32-23(33-20)16(10-24)25-6/h9,13-14H,7-8,11-12H2,1-5H3/b23-16+. The largest absolute Gasteiger partial charge is 0.456 e. The van der Waals surface area contributed by atoms with Crippen LogP contribution in [0.5, 0.6) is 11.5 Å². The molecule has 0 amide bonds. The van der Waals surface area contributed by atoms with E-state index in [1.165, 1.54) is 23.5 Å². The average molecular weight is 491 g/mol. The Morgan fingerprint density at radius 3 is 2.12 bits per heavy atom. The molecule has 176 valence electrons.